The van der Waals surface area contributed by atoms with Gasteiger partial charge in [-0.2, -0.15) is 0 Å². The molecule has 0 bridgehead atoms. The monoisotopic (exact) mass is 262 g/mol. The molecule has 0 spiro atoms. The van der Waals surface area contributed by atoms with E-state index in [-0.39, 0.29) is 17.6 Å². The number of nitrogens with zero attached hydrogens (tertiary/aromatic N) is 2. The Hall–Kier alpha value is -1.88. The fourth-order valence-corrected chi connectivity index (χ4v) is 1.96. The van der Waals surface area contributed by atoms with E-state index in [0.29, 0.717) is 23.2 Å². The highest BCUT2D eigenvalue weighted by Crippen LogP contribution is 2.21. The lowest BCUT2D eigenvalue weighted by Crippen LogP contribution is -2.31. The number of aromatic nitrogens is 2. The number of hydrogen-bond donors (Lipinski definition) is 1. The number of aliphatic hydroxyl groups is 1. The van der Waals surface area contributed by atoms with Crippen molar-refractivity contribution < 1.29 is 9.84 Å². The normalized spacial score (nSPS) is 11.8. The van der Waals surface area contributed by atoms with Crippen LogP contribution in [0.4, 0.5) is 0 Å². The summed E-state index contributed by atoms with van der Waals surface area (Å²) in [6.45, 7) is 4.20. The van der Waals surface area contributed by atoms with Crippen molar-refractivity contribution in [1.82, 2.24) is 9.55 Å². The summed E-state index contributed by atoms with van der Waals surface area (Å²) in [5, 5.41) is 9.77. The molecule has 0 aliphatic rings. The highest BCUT2D eigenvalue weighted by molar-refractivity contribution is 5.83. The lowest BCUT2D eigenvalue weighted by molar-refractivity contribution is 0.139. The van der Waals surface area contributed by atoms with Gasteiger partial charge in [-0.05, 0) is 12.1 Å². The second-order valence-corrected chi connectivity index (χ2v) is 5.35. The Bertz CT molecular complexity index is 647. The Balaban J connectivity index is 2.60. The Morgan fingerprint density at radius 2 is 2.16 bits per heavy atom. The van der Waals surface area contributed by atoms with Crippen molar-refractivity contribution in [3.8, 4) is 5.75 Å². The van der Waals surface area contributed by atoms with Crippen molar-refractivity contribution in [2.24, 2.45) is 5.41 Å². The number of rotatable bonds is 4. The van der Waals surface area contributed by atoms with E-state index < -0.39 is 0 Å². The van der Waals surface area contributed by atoms with Crippen LogP contribution in [-0.4, -0.2) is 28.4 Å². The third-order valence-corrected chi connectivity index (χ3v) is 3.06. The van der Waals surface area contributed by atoms with Gasteiger partial charge in [-0.15, -0.1) is 0 Å². The van der Waals surface area contributed by atoms with Crippen LogP contribution in [0.3, 0.4) is 0 Å². The second-order valence-electron chi connectivity index (χ2n) is 5.35. The molecule has 1 aromatic carbocycles. The molecule has 5 nitrogen and oxygen atoms in total. The molecule has 0 radical (unpaired) electrons. The van der Waals surface area contributed by atoms with Gasteiger partial charge in [0.1, 0.15) is 11.1 Å². The molecule has 0 saturated carbocycles. The molecule has 1 N–H and O–H groups in total. The molecule has 0 unspecified atom stereocenters. The summed E-state index contributed by atoms with van der Waals surface area (Å²) >= 11 is 0. The van der Waals surface area contributed by atoms with E-state index in [0.717, 1.165) is 0 Å². The first-order chi connectivity index (χ1) is 8.98. The van der Waals surface area contributed by atoms with Gasteiger partial charge in [-0.1, -0.05) is 19.9 Å². The van der Waals surface area contributed by atoms with Crippen LogP contribution in [-0.2, 0) is 6.54 Å². The molecule has 1 heterocycles. The minimum atomic E-state index is -0.374. The van der Waals surface area contributed by atoms with Gasteiger partial charge < -0.3 is 9.84 Å². The van der Waals surface area contributed by atoms with E-state index in [4.69, 9.17) is 4.74 Å². The summed E-state index contributed by atoms with van der Waals surface area (Å²) in [6.07, 6.45) is 1.52. The summed E-state index contributed by atoms with van der Waals surface area (Å²) in [6, 6.07) is 5.32. The lowest BCUT2D eigenvalue weighted by atomic mass is 9.95. The number of benzene rings is 1. The molecule has 0 aliphatic carbocycles. The Morgan fingerprint density at radius 1 is 1.42 bits per heavy atom. The molecule has 0 saturated heterocycles. The zero-order chi connectivity index (χ0) is 14.0. The van der Waals surface area contributed by atoms with Crippen molar-refractivity contribution in [3.63, 3.8) is 0 Å². The molecule has 0 atom stereocenters. The zero-order valence-corrected chi connectivity index (χ0v) is 11.4. The zero-order valence-electron chi connectivity index (χ0n) is 11.4. The average molecular weight is 262 g/mol. The molecule has 102 valence electrons. The van der Waals surface area contributed by atoms with Gasteiger partial charge in [-0.3, -0.25) is 9.36 Å². The predicted molar refractivity (Wildman–Crippen MR) is 73.4 cm³/mol. The van der Waals surface area contributed by atoms with Gasteiger partial charge in [0.2, 0.25) is 0 Å². The van der Waals surface area contributed by atoms with Gasteiger partial charge >= 0.3 is 0 Å². The fraction of sp³-hybridized carbons (Fsp3) is 0.429. The van der Waals surface area contributed by atoms with Crippen LogP contribution >= 0.6 is 0 Å². The highest BCUT2D eigenvalue weighted by atomic mass is 16.5. The third kappa shape index (κ3) is 2.61. The second kappa shape index (κ2) is 5.01. The van der Waals surface area contributed by atoms with E-state index in [2.05, 4.69) is 4.98 Å². The van der Waals surface area contributed by atoms with E-state index in [1.165, 1.54) is 18.0 Å². The maximum absolute atomic E-state index is 12.5. The Labute approximate surface area is 111 Å². The van der Waals surface area contributed by atoms with Gasteiger partial charge in [0.15, 0.2) is 0 Å². The average Bonchev–Trinajstić information content (AvgIpc) is 2.41. The number of ether oxygens (including phenoxy) is 1. The van der Waals surface area contributed by atoms with Crippen LogP contribution in [0, 0.1) is 5.41 Å². The highest BCUT2D eigenvalue weighted by Gasteiger charge is 2.19. The predicted octanol–water partition coefficient (Wildman–Crippen LogP) is 1.42. The topological polar surface area (TPSA) is 64.3 Å². The quantitative estimate of drug-likeness (QED) is 0.905. The summed E-state index contributed by atoms with van der Waals surface area (Å²) in [5.74, 6) is 0.520. The molecular weight excluding hydrogens is 244 g/mol. The van der Waals surface area contributed by atoms with Crippen molar-refractivity contribution in [1.29, 1.82) is 0 Å². The van der Waals surface area contributed by atoms with Crippen LogP contribution in [0.15, 0.2) is 29.3 Å². The lowest BCUT2D eigenvalue weighted by Gasteiger charge is -2.22. The molecular formula is C14H18N2O3. The van der Waals surface area contributed by atoms with Crippen LogP contribution in [0.25, 0.3) is 10.9 Å². The summed E-state index contributed by atoms with van der Waals surface area (Å²) in [7, 11) is 1.53. The van der Waals surface area contributed by atoms with Crippen LogP contribution in [0.2, 0.25) is 0 Å². The van der Waals surface area contributed by atoms with Gasteiger partial charge in [-0.25, -0.2) is 4.98 Å². The summed E-state index contributed by atoms with van der Waals surface area (Å²) < 4.78 is 6.73. The first kappa shape index (κ1) is 13.5. The maximum atomic E-state index is 12.5. The first-order valence-corrected chi connectivity index (χ1v) is 6.11. The SMILES string of the molecule is COc1cccc2ncn(CC(C)(C)CO)c(=O)c12. The van der Waals surface area contributed by atoms with Crippen molar-refractivity contribution in [3.05, 3.63) is 34.9 Å². The number of hydrogen-bond acceptors (Lipinski definition) is 4. The minimum Gasteiger partial charge on any atom is -0.496 e. The van der Waals surface area contributed by atoms with Crippen molar-refractivity contribution in [2.75, 3.05) is 13.7 Å². The van der Waals surface area contributed by atoms with Crippen LogP contribution in [0.1, 0.15) is 13.8 Å². The Kier molecular flexibility index (Phi) is 3.57. The minimum absolute atomic E-state index is 0.00337. The molecule has 0 aliphatic heterocycles. The summed E-state index contributed by atoms with van der Waals surface area (Å²) in [5.41, 5.74) is 0.0904. The maximum Gasteiger partial charge on any atom is 0.264 e. The van der Waals surface area contributed by atoms with E-state index >= 15 is 0 Å². The van der Waals surface area contributed by atoms with Crippen LogP contribution in [0.5, 0.6) is 5.75 Å². The largest absolute Gasteiger partial charge is 0.496 e. The molecule has 2 rings (SSSR count). The van der Waals surface area contributed by atoms with E-state index in [1.807, 2.05) is 13.8 Å². The first-order valence-electron chi connectivity index (χ1n) is 6.11. The molecule has 5 heteroatoms. The molecule has 2 aromatic rings. The standard InChI is InChI=1S/C14H18N2O3/c1-14(2,8-17)7-16-9-15-10-5-4-6-11(19-3)12(10)13(16)18/h4-6,9,17H,7-8H2,1-3H3. The fourth-order valence-electron chi connectivity index (χ4n) is 1.96. The van der Waals surface area contributed by atoms with Gasteiger partial charge in [0, 0.05) is 18.6 Å². The molecule has 19 heavy (non-hydrogen) atoms. The van der Waals surface area contributed by atoms with Crippen molar-refractivity contribution >= 4 is 10.9 Å². The molecule has 0 fully saturated rings. The van der Waals surface area contributed by atoms with Crippen LogP contribution < -0.4 is 10.3 Å². The smallest absolute Gasteiger partial charge is 0.264 e. The third-order valence-electron chi connectivity index (χ3n) is 3.06. The molecule has 1 aromatic heterocycles. The van der Waals surface area contributed by atoms with E-state index in [9.17, 15) is 9.90 Å². The molecule has 0 amide bonds. The number of fused-ring (bicyclic) bond motifs is 1. The number of aliphatic hydroxyl groups excluding tert-OH is 1. The van der Waals surface area contributed by atoms with Gasteiger partial charge in [0.05, 0.1) is 19.0 Å². The van der Waals surface area contributed by atoms with E-state index in [1.54, 1.807) is 18.2 Å². The van der Waals surface area contributed by atoms with Crippen molar-refractivity contribution in [2.45, 2.75) is 20.4 Å². The Morgan fingerprint density at radius 3 is 2.79 bits per heavy atom. The summed E-state index contributed by atoms with van der Waals surface area (Å²) in [4.78, 5) is 16.7. The van der Waals surface area contributed by atoms with Gasteiger partial charge in [0.25, 0.3) is 5.56 Å². The number of methoxy groups -OCH3 is 1.